The van der Waals surface area contributed by atoms with Crippen molar-refractivity contribution in [2.45, 2.75) is 13.5 Å². The number of nitrogens with zero attached hydrogens (tertiary/aromatic N) is 1. The molecule has 0 unspecified atom stereocenters. The third-order valence-electron chi connectivity index (χ3n) is 3.54. The molecule has 0 aliphatic rings. The summed E-state index contributed by atoms with van der Waals surface area (Å²) in [6.07, 6.45) is 0. The monoisotopic (exact) mass is 282 g/mol. The molecule has 3 heteroatoms. The van der Waals surface area contributed by atoms with Crippen molar-refractivity contribution in [2.24, 2.45) is 0 Å². The van der Waals surface area contributed by atoms with Crippen LogP contribution in [-0.4, -0.2) is 6.54 Å². The maximum absolute atomic E-state index is 5.89. The summed E-state index contributed by atoms with van der Waals surface area (Å²) < 4.78 is 1.35. The Morgan fingerprint density at radius 3 is 2.75 bits per heavy atom. The van der Waals surface area contributed by atoms with Gasteiger partial charge in [0.1, 0.15) is 0 Å². The summed E-state index contributed by atoms with van der Waals surface area (Å²) in [7, 11) is 0. The minimum absolute atomic E-state index is 0.816. The van der Waals surface area contributed by atoms with Gasteiger partial charge >= 0.3 is 0 Å². The van der Waals surface area contributed by atoms with E-state index in [1.165, 1.54) is 21.3 Å². The van der Waals surface area contributed by atoms with Crippen LogP contribution in [0.25, 0.3) is 10.1 Å². The molecule has 0 saturated heterocycles. The maximum Gasteiger partial charge on any atom is 0.0443 e. The molecule has 0 spiro atoms. The van der Waals surface area contributed by atoms with Crippen LogP contribution in [0.4, 0.5) is 11.4 Å². The SMILES string of the molecule is CCN(Cc1csc2ccccc12)c1cccc(N)c1. The lowest BCUT2D eigenvalue weighted by Crippen LogP contribution is -2.21. The lowest BCUT2D eigenvalue weighted by molar-refractivity contribution is 0.838. The molecule has 0 aliphatic heterocycles. The van der Waals surface area contributed by atoms with E-state index in [2.05, 4.69) is 47.5 Å². The van der Waals surface area contributed by atoms with Crippen molar-refractivity contribution in [1.82, 2.24) is 0 Å². The highest BCUT2D eigenvalue weighted by Crippen LogP contribution is 2.28. The summed E-state index contributed by atoms with van der Waals surface area (Å²) in [6.45, 7) is 4.06. The molecule has 0 fully saturated rings. The molecule has 2 aromatic carbocycles. The number of hydrogen-bond donors (Lipinski definition) is 1. The Morgan fingerprint density at radius 2 is 1.95 bits per heavy atom. The van der Waals surface area contributed by atoms with E-state index in [-0.39, 0.29) is 0 Å². The first-order chi connectivity index (χ1) is 9.78. The second-order valence-electron chi connectivity index (χ2n) is 4.87. The molecule has 1 aromatic heterocycles. The summed E-state index contributed by atoms with van der Waals surface area (Å²) in [5.74, 6) is 0. The van der Waals surface area contributed by atoms with Crippen LogP contribution in [0.3, 0.4) is 0 Å². The first-order valence-electron chi connectivity index (χ1n) is 6.83. The van der Waals surface area contributed by atoms with Crippen molar-refractivity contribution < 1.29 is 0 Å². The standard InChI is InChI=1S/C17H18N2S/c1-2-19(15-7-5-6-14(18)10-15)11-13-12-20-17-9-4-3-8-16(13)17/h3-10,12H,2,11,18H2,1H3. The van der Waals surface area contributed by atoms with E-state index in [1.54, 1.807) is 0 Å². The summed E-state index contributed by atoms with van der Waals surface area (Å²) in [4.78, 5) is 2.35. The Balaban J connectivity index is 1.92. The normalized spacial score (nSPS) is 10.8. The first kappa shape index (κ1) is 13.0. The molecule has 0 bridgehead atoms. The molecule has 0 amide bonds. The fourth-order valence-electron chi connectivity index (χ4n) is 2.47. The highest BCUT2D eigenvalue weighted by molar-refractivity contribution is 7.17. The topological polar surface area (TPSA) is 29.3 Å². The van der Waals surface area contributed by atoms with Gasteiger partial charge in [0.25, 0.3) is 0 Å². The molecule has 0 saturated carbocycles. The Bertz CT molecular complexity index is 718. The highest BCUT2D eigenvalue weighted by atomic mass is 32.1. The molecule has 102 valence electrons. The van der Waals surface area contributed by atoms with Gasteiger partial charge in [0.15, 0.2) is 0 Å². The number of nitrogens with two attached hydrogens (primary N) is 1. The third kappa shape index (κ3) is 2.49. The Hall–Kier alpha value is -2.00. The molecule has 0 aliphatic carbocycles. The third-order valence-corrected chi connectivity index (χ3v) is 4.55. The predicted molar refractivity (Wildman–Crippen MR) is 89.4 cm³/mol. The fraction of sp³-hybridized carbons (Fsp3) is 0.176. The molecule has 3 rings (SSSR count). The van der Waals surface area contributed by atoms with Gasteiger partial charge in [-0.2, -0.15) is 0 Å². The van der Waals surface area contributed by atoms with Crippen LogP contribution in [0, 0.1) is 0 Å². The summed E-state index contributed by atoms with van der Waals surface area (Å²) in [6, 6.07) is 16.7. The number of hydrogen-bond acceptors (Lipinski definition) is 3. The zero-order valence-corrected chi connectivity index (χ0v) is 12.4. The van der Waals surface area contributed by atoms with Crippen LogP contribution in [0.15, 0.2) is 53.9 Å². The summed E-state index contributed by atoms with van der Waals surface area (Å²) in [5, 5.41) is 3.62. The van der Waals surface area contributed by atoms with Crippen LogP contribution in [0.2, 0.25) is 0 Å². The van der Waals surface area contributed by atoms with Gasteiger partial charge in [-0.05, 0) is 47.5 Å². The van der Waals surface area contributed by atoms with Crippen molar-refractivity contribution in [3.63, 3.8) is 0 Å². The lowest BCUT2D eigenvalue weighted by atomic mass is 10.1. The zero-order chi connectivity index (χ0) is 13.9. The largest absolute Gasteiger partial charge is 0.399 e. The quantitative estimate of drug-likeness (QED) is 0.713. The molecule has 0 atom stereocenters. The number of thiophene rings is 1. The molecule has 2 nitrogen and oxygen atoms in total. The maximum atomic E-state index is 5.89. The second kappa shape index (κ2) is 5.55. The van der Waals surface area contributed by atoms with Gasteiger partial charge in [-0.25, -0.2) is 0 Å². The Labute approximate surface area is 123 Å². The van der Waals surface area contributed by atoms with E-state index in [1.807, 2.05) is 29.5 Å². The van der Waals surface area contributed by atoms with Crippen molar-refractivity contribution in [2.75, 3.05) is 17.2 Å². The minimum atomic E-state index is 0.816. The van der Waals surface area contributed by atoms with Gasteiger partial charge in [-0.1, -0.05) is 24.3 Å². The van der Waals surface area contributed by atoms with Crippen LogP contribution < -0.4 is 10.6 Å². The molecule has 1 heterocycles. The zero-order valence-electron chi connectivity index (χ0n) is 11.5. The van der Waals surface area contributed by atoms with E-state index in [0.29, 0.717) is 0 Å². The predicted octanol–water partition coefficient (Wildman–Crippen LogP) is 4.51. The second-order valence-corrected chi connectivity index (χ2v) is 5.78. The van der Waals surface area contributed by atoms with E-state index < -0.39 is 0 Å². The summed E-state index contributed by atoms with van der Waals surface area (Å²) in [5.41, 5.74) is 9.27. The molecule has 3 aromatic rings. The average molecular weight is 282 g/mol. The van der Waals surface area contributed by atoms with Crippen molar-refractivity contribution in [3.8, 4) is 0 Å². The molecular weight excluding hydrogens is 264 g/mol. The number of nitrogen functional groups attached to an aromatic ring is 1. The number of anilines is 2. The van der Waals surface area contributed by atoms with Gasteiger partial charge in [0.05, 0.1) is 0 Å². The van der Waals surface area contributed by atoms with Crippen LogP contribution in [0.5, 0.6) is 0 Å². The van der Waals surface area contributed by atoms with E-state index in [4.69, 9.17) is 5.73 Å². The Kier molecular flexibility index (Phi) is 3.61. The molecule has 0 radical (unpaired) electrons. The number of fused-ring (bicyclic) bond motifs is 1. The molecule has 2 N–H and O–H groups in total. The van der Waals surface area contributed by atoms with Gasteiger partial charge in [-0.15, -0.1) is 11.3 Å². The van der Waals surface area contributed by atoms with Crippen molar-refractivity contribution >= 4 is 32.8 Å². The molecular formula is C17H18N2S. The lowest BCUT2D eigenvalue weighted by Gasteiger charge is -2.23. The van der Waals surface area contributed by atoms with E-state index >= 15 is 0 Å². The van der Waals surface area contributed by atoms with E-state index in [0.717, 1.165) is 18.8 Å². The van der Waals surface area contributed by atoms with Crippen molar-refractivity contribution in [1.29, 1.82) is 0 Å². The van der Waals surface area contributed by atoms with Crippen LogP contribution in [-0.2, 0) is 6.54 Å². The number of rotatable bonds is 4. The van der Waals surface area contributed by atoms with Crippen LogP contribution in [0.1, 0.15) is 12.5 Å². The van der Waals surface area contributed by atoms with Gasteiger partial charge < -0.3 is 10.6 Å². The first-order valence-corrected chi connectivity index (χ1v) is 7.71. The number of benzene rings is 2. The van der Waals surface area contributed by atoms with E-state index in [9.17, 15) is 0 Å². The van der Waals surface area contributed by atoms with Crippen LogP contribution >= 0.6 is 11.3 Å². The smallest absolute Gasteiger partial charge is 0.0443 e. The van der Waals surface area contributed by atoms with Crippen molar-refractivity contribution in [3.05, 3.63) is 59.5 Å². The molecule has 20 heavy (non-hydrogen) atoms. The minimum Gasteiger partial charge on any atom is -0.399 e. The Morgan fingerprint density at radius 1 is 1.10 bits per heavy atom. The van der Waals surface area contributed by atoms with Gasteiger partial charge in [0.2, 0.25) is 0 Å². The fourth-order valence-corrected chi connectivity index (χ4v) is 3.42. The summed E-state index contributed by atoms with van der Waals surface area (Å²) >= 11 is 1.81. The van der Waals surface area contributed by atoms with Gasteiger partial charge in [0, 0.05) is 29.2 Å². The van der Waals surface area contributed by atoms with Gasteiger partial charge in [-0.3, -0.25) is 0 Å². The average Bonchev–Trinajstić information content (AvgIpc) is 2.88. The highest BCUT2D eigenvalue weighted by Gasteiger charge is 2.09.